The fourth-order valence-corrected chi connectivity index (χ4v) is 1.58. The van der Waals surface area contributed by atoms with E-state index in [1.54, 1.807) is 22.7 Å². The van der Waals surface area contributed by atoms with Crippen LogP contribution >= 0.6 is 0 Å². The van der Waals surface area contributed by atoms with Crippen LogP contribution in [0.3, 0.4) is 0 Å². The summed E-state index contributed by atoms with van der Waals surface area (Å²) in [6, 6.07) is 9.10. The van der Waals surface area contributed by atoms with Gasteiger partial charge in [-0.15, -0.1) is 5.10 Å². The molecule has 0 aliphatic carbocycles. The Bertz CT molecular complexity index is 686. The number of rotatable bonds is 1. The molecular weight excluding hydrogens is 206 g/mol. The number of fused-ring (bicyclic) bond motifs is 1. The molecule has 0 radical (unpaired) electrons. The van der Waals surface area contributed by atoms with Gasteiger partial charge >= 0.3 is 0 Å². The molecule has 3 rings (SSSR count). The summed E-state index contributed by atoms with van der Waals surface area (Å²) in [6.45, 7) is 0. The molecular formula is C10H7N5O. The van der Waals surface area contributed by atoms with Crippen LogP contribution in [0.15, 0.2) is 47.7 Å². The standard InChI is InChI=1S/C10H7N5O/c16-10-9(15-7-11-12-13-15)5-4-8-3-1-2-6-14(8)10/h1-7H. The quantitative estimate of drug-likeness (QED) is 0.582. The lowest BCUT2D eigenvalue weighted by Crippen LogP contribution is -2.19. The molecule has 16 heavy (non-hydrogen) atoms. The lowest BCUT2D eigenvalue weighted by Gasteiger charge is -2.02. The molecule has 78 valence electrons. The first-order chi connectivity index (χ1) is 7.86. The summed E-state index contributed by atoms with van der Waals surface area (Å²) in [6.07, 6.45) is 3.11. The molecule has 0 saturated carbocycles. The Morgan fingerprint density at radius 1 is 1.12 bits per heavy atom. The Hall–Kier alpha value is -2.50. The maximum absolute atomic E-state index is 12.1. The molecule has 3 heterocycles. The third-order valence-electron chi connectivity index (χ3n) is 2.34. The molecule has 0 atom stereocenters. The van der Waals surface area contributed by atoms with Crippen molar-refractivity contribution in [1.29, 1.82) is 0 Å². The van der Waals surface area contributed by atoms with Crippen molar-refractivity contribution in [1.82, 2.24) is 24.6 Å². The smallest absolute Gasteiger partial charge is 0.281 e. The fourth-order valence-electron chi connectivity index (χ4n) is 1.58. The number of nitrogens with zero attached hydrogens (tertiary/aromatic N) is 5. The van der Waals surface area contributed by atoms with Crippen molar-refractivity contribution in [2.45, 2.75) is 0 Å². The van der Waals surface area contributed by atoms with E-state index < -0.39 is 0 Å². The highest BCUT2D eigenvalue weighted by molar-refractivity contribution is 5.49. The molecule has 0 aliphatic heterocycles. The van der Waals surface area contributed by atoms with Gasteiger partial charge in [-0.25, -0.2) is 0 Å². The van der Waals surface area contributed by atoms with Gasteiger partial charge in [0.1, 0.15) is 12.0 Å². The molecule has 6 heteroatoms. The van der Waals surface area contributed by atoms with Crippen LogP contribution in [0.4, 0.5) is 0 Å². The van der Waals surface area contributed by atoms with Crippen LogP contribution in [0.1, 0.15) is 0 Å². The molecule has 0 aliphatic rings. The van der Waals surface area contributed by atoms with Gasteiger partial charge in [-0.2, -0.15) is 4.68 Å². The number of tetrazole rings is 1. The lowest BCUT2D eigenvalue weighted by atomic mass is 10.3. The second kappa shape index (κ2) is 3.27. The minimum Gasteiger partial charge on any atom is -0.282 e. The summed E-state index contributed by atoms with van der Waals surface area (Å²) in [5.74, 6) is 0. The summed E-state index contributed by atoms with van der Waals surface area (Å²) in [4.78, 5) is 12.1. The monoisotopic (exact) mass is 213 g/mol. The van der Waals surface area contributed by atoms with E-state index in [9.17, 15) is 4.79 Å². The molecule has 6 nitrogen and oxygen atoms in total. The third kappa shape index (κ3) is 1.20. The van der Waals surface area contributed by atoms with E-state index >= 15 is 0 Å². The predicted molar refractivity (Wildman–Crippen MR) is 56.4 cm³/mol. The molecule has 0 bridgehead atoms. The molecule has 3 aromatic rings. The highest BCUT2D eigenvalue weighted by atomic mass is 16.1. The van der Waals surface area contributed by atoms with Gasteiger partial charge in [0, 0.05) is 11.7 Å². The fraction of sp³-hybridized carbons (Fsp3) is 0. The zero-order chi connectivity index (χ0) is 11.0. The highest BCUT2D eigenvalue weighted by Crippen LogP contribution is 2.03. The van der Waals surface area contributed by atoms with Gasteiger partial charge in [0.15, 0.2) is 0 Å². The summed E-state index contributed by atoms with van der Waals surface area (Å²) < 4.78 is 2.90. The largest absolute Gasteiger partial charge is 0.282 e. The molecule has 3 aromatic heterocycles. The van der Waals surface area contributed by atoms with Crippen molar-refractivity contribution in [2.75, 3.05) is 0 Å². The topological polar surface area (TPSA) is 65.1 Å². The third-order valence-corrected chi connectivity index (χ3v) is 2.34. The maximum Gasteiger partial charge on any atom is 0.281 e. The van der Waals surface area contributed by atoms with Gasteiger partial charge in [-0.1, -0.05) is 6.07 Å². The second-order valence-electron chi connectivity index (χ2n) is 3.27. The van der Waals surface area contributed by atoms with Crippen molar-refractivity contribution in [3.8, 4) is 5.69 Å². The van der Waals surface area contributed by atoms with Gasteiger partial charge in [0.25, 0.3) is 5.56 Å². The minimum absolute atomic E-state index is 0.148. The van der Waals surface area contributed by atoms with Gasteiger partial charge < -0.3 is 0 Å². The molecule has 0 spiro atoms. The number of hydrogen-bond donors (Lipinski definition) is 0. The van der Waals surface area contributed by atoms with E-state index in [0.29, 0.717) is 5.69 Å². The van der Waals surface area contributed by atoms with E-state index in [0.717, 1.165) is 5.52 Å². The Labute approximate surface area is 89.8 Å². The summed E-state index contributed by atoms with van der Waals surface area (Å²) >= 11 is 0. The first-order valence-electron chi connectivity index (χ1n) is 4.70. The van der Waals surface area contributed by atoms with Crippen LogP contribution in [0.25, 0.3) is 11.2 Å². The number of pyridine rings is 2. The SMILES string of the molecule is O=c1c(-n2cnnn2)ccc2ccccn12. The second-order valence-corrected chi connectivity index (χ2v) is 3.27. The first kappa shape index (κ1) is 8.78. The Morgan fingerprint density at radius 2 is 2.06 bits per heavy atom. The Balaban J connectivity index is 2.37. The normalized spacial score (nSPS) is 10.8. The van der Waals surface area contributed by atoms with Crippen molar-refractivity contribution in [3.63, 3.8) is 0 Å². The van der Waals surface area contributed by atoms with Crippen LogP contribution in [0.5, 0.6) is 0 Å². The molecule has 0 unspecified atom stereocenters. The van der Waals surface area contributed by atoms with Crippen molar-refractivity contribution >= 4 is 5.52 Å². The molecule has 0 aromatic carbocycles. The predicted octanol–water partition coefficient (Wildman–Crippen LogP) is 0.275. The van der Waals surface area contributed by atoms with Gasteiger partial charge in [-0.05, 0) is 34.7 Å². The van der Waals surface area contributed by atoms with Crippen LogP contribution < -0.4 is 5.56 Å². The van der Waals surface area contributed by atoms with Gasteiger partial charge in [-0.3, -0.25) is 9.20 Å². The van der Waals surface area contributed by atoms with Gasteiger partial charge in [0.05, 0.1) is 0 Å². The van der Waals surface area contributed by atoms with Crippen molar-refractivity contribution in [3.05, 3.63) is 53.2 Å². The summed E-state index contributed by atoms with van der Waals surface area (Å²) in [5, 5.41) is 10.7. The zero-order valence-corrected chi connectivity index (χ0v) is 8.19. The van der Waals surface area contributed by atoms with Crippen LogP contribution in [-0.4, -0.2) is 24.6 Å². The summed E-state index contributed by atoms with van der Waals surface area (Å²) in [7, 11) is 0. The molecule has 0 saturated heterocycles. The van der Waals surface area contributed by atoms with E-state index in [4.69, 9.17) is 0 Å². The number of hydrogen-bond acceptors (Lipinski definition) is 4. The first-order valence-corrected chi connectivity index (χ1v) is 4.70. The number of aromatic nitrogens is 5. The Morgan fingerprint density at radius 3 is 2.88 bits per heavy atom. The molecule has 0 fully saturated rings. The van der Waals surface area contributed by atoms with Crippen LogP contribution in [0.2, 0.25) is 0 Å². The molecule has 0 amide bonds. The zero-order valence-electron chi connectivity index (χ0n) is 8.19. The minimum atomic E-state index is -0.148. The van der Waals surface area contributed by atoms with Crippen molar-refractivity contribution < 1.29 is 0 Å². The van der Waals surface area contributed by atoms with E-state index in [1.165, 1.54) is 11.0 Å². The highest BCUT2D eigenvalue weighted by Gasteiger charge is 2.05. The van der Waals surface area contributed by atoms with E-state index in [1.807, 2.05) is 18.2 Å². The van der Waals surface area contributed by atoms with Crippen LogP contribution in [-0.2, 0) is 0 Å². The Kier molecular flexibility index (Phi) is 1.79. The van der Waals surface area contributed by atoms with Crippen LogP contribution in [0, 0.1) is 0 Å². The van der Waals surface area contributed by atoms with Crippen molar-refractivity contribution in [2.24, 2.45) is 0 Å². The molecule has 0 N–H and O–H groups in total. The van der Waals surface area contributed by atoms with E-state index in [2.05, 4.69) is 15.5 Å². The van der Waals surface area contributed by atoms with E-state index in [-0.39, 0.29) is 5.56 Å². The average molecular weight is 213 g/mol. The summed E-state index contributed by atoms with van der Waals surface area (Å²) in [5.41, 5.74) is 1.11. The average Bonchev–Trinajstić information content (AvgIpc) is 2.83. The van der Waals surface area contributed by atoms with Gasteiger partial charge in [0.2, 0.25) is 0 Å². The lowest BCUT2D eigenvalue weighted by molar-refractivity contribution is 0.778. The maximum atomic E-state index is 12.1.